The van der Waals surface area contributed by atoms with E-state index in [0.29, 0.717) is 22.3 Å². The fraction of sp³-hybridized carbons (Fsp3) is 0.273. The first kappa shape index (κ1) is 25.4. The highest BCUT2D eigenvalue weighted by atomic mass is 16.1. The number of hydrogen-bond donors (Lipinski definition) is 0. The molecule has 4 heteroatoms. The van der Waals surface area contributed by atoms with Crippen molar-refractivity contribution in [3.8, 4) is 0 Å². The smallest absolute Gasteiger partial charge is 0.159 e. The van der Waals surface area contributed by atoms with Crippen LogP contribution in [0.1, 0.15) is 84.0 Å². The molecule has 0 spiro atoms. The molecular formula is C22H28O4. The van der Waals surface area contributed by atoms with Gasteiger partial charge in [-0.1, -0.05) is 57.3 Å². The van der Waals surface area contributed by atoms with Gasteiger partial charge in [0.1, 0.15) is 0 Å². The van der Waals surface area contributed by atoms with E-state index in [9.17, 15) is 19.2 Å². The molecular weight excluding hydrogens is 328 g/mol. The number of Topliss-reactive ketones (excluding diaryl/α,β-unsaturated/α-hetero) is 4. The SMILES string of the molecule is C.C.CC(=O)c1ccc(C(C)=O)cc1.CC(=O)c1cccc(C(C)=O)c1. The van der Waals surface area contributed by atoms with E-state index in [1.807, 2.05) is 0 Å². The monoisotopic (exact) mass is 356 g/mol. The number of ketones is 4. The molecule has 2 rings (SSSR count). The molecule has 0 amide bonds. The number of rotatable bonds is 4. The maximum Gasteiger partial charge on any atom is 0.159 e. The van der Waals surface area contributed by atoms with E-state index in [0.717, 1.165) is 0 Å². The Bertz CT molecular complexity index is 709. The molecule has 0 unspecified atom stereocenters. The summed E-state index contributed by atoms with van der Waals surface area (Å²) < 4.78 is 0. The van der Waals surface area contributed by atoms with Crippen molar-refractivity contribution in [2.45, 2.75) is 42.5 Å². The van der Waals surface area contributed by atoms with Gasteiger partial charge in [0.2, 0.25) is 0 Å². The number of hydrogen-bond acceptors (Lipinski definition) is 4. The van der Waals surface area contributed by atoms with Gasteiger partial charge in [0.15, 0.2) is 23.1 Å². The van der Waals surface area contributed by atoms with Gasteiger partial charge in [0.25, 0.3) is 0 Å². The van der Waals surface area contributed by atoms with Crippen LogP contribution in [0.25, 0.3) is 0 Å². The molecule has 4 nitrogen and oxygen atoms in total. The minimum Gasteiger partial charge on any atom is -0.295 e. The van der Waals surface area contributed by atoms with Crippen LogP contribution in [-0.2, 0) is 0 Å². The van der Waals surface area contributed by atoms with Crippen molar-refractivity contribution in [1.82, 2.24) is 0 Å². The molecule has 140 valence electrons. The highest BCUT2D eigenvalue weighted by molar-refractivity contribution is 5.99. The summed E-state index contributed by atoms with van der Waals surface area (Å²) in [4.78, 5) is 43.5. The van der Waals surface area contributed by atoms with Crippen LogP contribution in [0.4, 0.5) is 0 Å². The van der Waals surface area contributed by atoms with Gasteiger partial charge >= 0.3 is 0 Å². The maximum atomic E-state index is 10.9. The second kappa shape index (κ2) is 11.6. The van der Waals surface area contributed by atoms with Crippen LogP contribution in [-0.4, -0.2) is 23.1 Å². The van der Waals surface area contributed by atoms with Crippen molar-refractivity contribution in [3.63, 3.8) is 0 Å². The first-order valence-corrected chi connectivity index (χ1v) is 7.46. The molecule has 0 aliphatic rings. The molecule has 0 aliphatic carbocycles. The summed E-state index contributed by atoms with van der Waals surface area (Å²) in [6, 6.07) is 13.4. The van der Waals surface area contributed by atoms with Gasteiger partial charge in [-0.25, -0.2) is 0 Å². The van der Waals surface area contributed by atoms with E-state index in [-0.39, 0.29) is 38.0 Å². The van der Waals surface area contributed by atoms with E-state index in [1.165, 1.54) is 27.7 Å². The molecule has 0 saturated carbocycles. The van der Waals surface area contributed by atoms with Crippen LogP contribution in [0.3, 0.4) is 0 Å². The Hall–Kier alpha value is -2.88. The third kappa shape index (κ3) is 7.79. The zero-order chi connectivity index (χ0) is 18.3. The van der Waals surface area contributed by atoms with Crippen LogP contribution in [0.2, 0.25) is 0 Å². The molecule has 0 aromatic heterocycles. The summed E-state index contributed by atoms with van der Waals surface area (Å²) in [6.07, 6.45) is 0. The third-order valence-electron chi connectivity index (χ3n) is 3.37. The molecule has 2 aromatic carbocycles. The lowest BCUT2D eigenvalue weighted by Crippen LogP contribution is -1.96. The molecule has 0 radical (unpaired) electrons. The zero-order valence-corrected chi connectivity index (χ0v) is 14.3. The van der Waals surface area contributed by atoms with Crippen molar-refractivity contribution >= 4 is 23.1 Å². The summed E-state index contributed by atoms with van der Waals surface area (Å²) in [7, 11) is 0. The molecule has 0 atom stereocenters. The Morgan fingerprint density at radius 1 is 0.500 bits per heavy atom. The fourth-order valence-electron chi connectivity index (χ4n) is 1.90. The first-order valence-electron chi connectivity index (χ1n) is 7.46. The molecule has 0 saturated heterocycles. The average molecular weight is 356 g/mol. The van der Waals surface area contributed by atoms with Crippen molar-refractivity contribution in [2.24, 2.45) is 0 Å². The van der Waals surface area contributed by atoms with E-state index >= 15 is 0 Å². The number of carbonyl (C=O) groups is 4. The lowest BCUT2D eigenvalue weighted by Gasteiger charge is -1.97. The van der Waals surface area contributed by atoms with E-state index < -0.39 is 0 Å². The van der Waals surface area contributed by atoms with Gasteiger partial charge < -0.3 is 0 Å². The van der Waals surface area contributed by atoms with Gasteiger partial charge in [-0.15, -0.1) is 0 Å². The second-order valence-electron chi connectivity index (χ2n) is 5.38. The second-order valence-corrected chi connectivity index (χ2v) is 5.38. The largest absolute Gasteiger partial charge is 0.295 e. The fourth-order valence-corrected chi connectivity index (χ4v) is 1.90. The number of benzene rings is 2. The number of carbonyl (C=O) groups excluding carboxylic acids is 4. The molecule has 0 N–H and O–H groups in total. The highest BCUT2D eigenvalue weighted by Gasteiger charge is 2.03. The van der Waals surface area contributed by atoms with Crippen molar-refractivity contribution in [1.29, 1.82) is 0 Å². The molecule has 26 heavy (non-hydrogen) atoms. The molecule has 0 heterocycles. The van der Waals surface area contributed by atoms with Gasteiger partial charge in [-0.05, 0) is 33.8 Å². The molecule has 0 aliphatic heterocycles. The Kier molecular flexibility index (Phi) is 11.3. The topological polar surface area (TPSA) is 68.3 Å². The summed E-state index contributed by atoms with van der Waals surface area (Å²) in [6.45, 7) is 5.98. The summed E-state index contributed by atoms with van der Waals surface area (Å²) in [5.74, 6) is 0.00593. The van der Waals surface area contributed by atoms with Gasteiger partial charge in [0.05, 0.1) is 0 Å². The first-order chi connectivity index (χ1) is 11.2. The third-order valence-corrected chi connectivity index (χ3v) is 3.37. The standard InChI is InChI=1S/2C10H10O2.2CH4/c1-7(11)9-3-5-10(6-4-9)8(2)12;1-7(11)9-4-3-5-10(6-9)8(2)12;;/h2*3-6H,1-2H3;2*1H4. The molecule has 2 aromatic rings. The predicted octanol–water partition coefficient (Wildman–Crippen LogP) is 5.46. The van der Waals surface area contributed by atoms with E-state index in [4.69, 9.17) is 0 Å². The minimum absolute atomic E-state index is 0. The Balaban J connectivity index is 0. The Labute approximate surface area is 156 Å². The van der Waals surface area contributed by atoms with Crippen LogP contribution in [0, 0.1) is 0 Å². The summed E-state index contributed by atoms with van der Waals surface area (Å²) >= 11 is 0. The summed E-state index contributed by atoms with van der Waals surface area (Å²) in [5, 5.41) is 0. The Morgan fingerprint density at radius 3 is 1.00 bits per heavy atom. The zero-order valence-electron chi connectivity index (χ0n) is 14.3. The average Bonchev–Trinajstić information content (AvgIpc) is 2.55. The van der Waals surface area contributed by atoms with E-state index in [2.05, 4.69) is 0 Å². The molecule has 0 fully saturated rings. The van der Waals surface area contributed by atoms with Gasteiger partial charge in [-0.2, -0.15) is 0 Å². The lowest BCUT2D eigenvalue weighted by molar-refractivity contribution is 0.100. The maximum absolute atomic E-state index is 10.9. The predicted molar refractivity (Wildman–Crippen MR) is 106 cm³/mol. The highest BCUT2D eigenvalue weighted by Crippen LogP contribution is 2.06. The van der Waals surface area contributed by atoms with Crippen LogP contribution < -0.4 is 0 Å². The van der Waals surface area contributed by atoms with Crippen molar-refractivity contribution < 1.29 is 19.2 Å². The van der Waals surface area contributed by atoms with Gasteiger partial charge in [-0.3, -0.25) is 19.2 Å². The van der Waals surface area contributed by atoms with Crippen LogP contribution in [0.15, 0.2) is 48.5 Å². The van der Waals surface area contributed by atoms with Crippen LogP contribution >= 0.6 is 0 Å². The lowest BCUT2D eigenvalue weighted by atomic mass is 10.1. The Morgan fingerprint density at radius 2 is 0.769 bits per heavy atom. The van der Waals surface area contributed by atoms with Crippen LogP contribution in [0.5, 0.6) is 0 Å². The normalized spacial score (nSPS) is 8.77. The van der Waals surface area contributed by atoms with Gasteiger partial charge in [0, 0.05) is 22.3 Å². The quantitative estimate of drug-likeness (QED) is 0.683. The molecule has 0 bridgehead atoms. The minimum atomic E-state index is -0.0156. The van der Waals surface area contributed by atoms with Crippen molar-refractivity contribution in [3.05, 3.63) is 70.8 Å². The van der Waals surface area contributed by atoms with E-state index in [1.54, 1.807) is 48.5 Å². The summed E-state index contributed by atoms with van der Waals surface area (Å²) in [5.41, 5.74) is 2.45. The van der Waals surface area contributed by atoms with Crippen molar-refractivity contribution in [2.75, 3.05) is 0 Å².